The average Bonchev–Trinajstić information content (AvgIpc) is 2.68. The van der Waals surface area contributed by atoms with Gasteiger partial charge < -0.3 is 10.1 Å². The fraction of sp³-hybridized carbons (Fsp3) is 0.286. The third-order valence-electron chi connectivity index (χ3n) is 4.46. The predicted octanol–water partition coefficient (Wildman–Crippen LogP) is 6.34. The van der Waals surface area contributed by atoms with Gasteiger partial charge in [0.15, 0.2) is 0 Å². The molecule has 1 N–H and O–H groups in total. The van der Waals surface area contributed by atoms with Crippen LogP contribution in [0.4, 0.5) is 11.4 Å². The van der Waals surface area contributed by atoms with Gasteiger partial charge in [-0.1, -0.05) is 11.6 Å². The van der Waals surface area contributed by atoms with Crippen molar-refractivity contribution in [1.82, 2.24) is 9.88 Å². The lowest BCUT2D eigenvalue weighted by Crippen LogP contribution is -2.27. The van der Waals surface area contributed by atoms with Crippen LogP contribution in [0, 0.1) is 0 Å². The predicted molar refractivity (Wildman–Crippen MR) is 127 cm³/mol. The first-order valence-electron chi connectivity index (χ1n) is 8.97. The number of hydrogen-bond acceptors (Lipinski definition) is 4. The Bertz CT molecular complexity index is 933. The molecule has 0 fully saturated rings. The molecule has 0 saturated heterocycles. The molecule has 156 valence electrons. The number of hydrogen-bond donors (Lipinski definition) is 1. The Balaban J connectivity index is 0.00000300. The summed E-state index contributed by atoms with van der Waals surface area (Å²) >= 11 is 18.0. The van der Waals surface area contributed by atoms with Crippen molar-refractivity contribution in [3.05, 3.63) is 59.2 Å². The molecule has 0 aliphatic carbocycles. The van der Waals surface area contributed by atoms with E-state index in [-0.39, 0.29) is 12.4 Å². The highest BCUT2D eigenvalue weighted by atomic mass is 35.5. The molecule has 8 heteroatoms. The van der Waals surface area contributed by atoms with E-state index in [4.69, 9.17) is 39.5 Å². The molecular weight excluding hydrogens is 452 g/mol. The van der Waals surface area contributed by atoms with Gasteiger partial charge in [0, 0.05) is 64.9 Å². The minimum atomic E-state index is 0. The van der Waals surface area contributed by atoms with Gasteiger partial charge in [-0.15, -0.1) is 35.6 Å². The molecule has 0 unspecified atom stereocenters. The molecule has 1 heterocycles. The summed E-state index contributed by atoms with van der Waals surface area (Å²) in [5.74, 6) is 1.96. The van der Waals surface area contributed by atoms with Gasteiger partial charge in [0.05, 0.1) is 12.6 Å². The fourth-order valence-electron chi connectivity index (χ4n) is 3.12. The fourth-order valence-corrected chi connectivity index (χ4v) is 3.76. The molecule has 4 nitrogen and oxygen atoms in total. The topological polar surface area (TPSA) is 37.4 Å². The molecule has 29 heavy (non-hydrogen) atoms. The van der Waals surface area contributed by atoms with E-state index in [2.05, 4.69) is 21.3 Å². The van der Waals surface area contributed by atoms with Crippen molar-refractivity contribution < 1.29 is 4.74 Å². The highest BCUT2D eigenvalue weighted by Gasteiger charge is 2.11. The van der Waals surface area contributed by atoms with E-state index >= 15 is 0 Å². The van der Waals surface area contributed by atoms with Gasteiger partial charge in [0.25, 0.3) is 0 Å². The molecule has 0 bridgehead atoms. The summed E-state index contributed by atoms with van der Waals surface area (Å²) in [5.41, 5.74) is 3.86. The number of anilines is 2. The highest BCUT2D eigenvalue weighted by Crippen LogP contribution is 2.30. The maximum absolute atomic E-state index is 6.09. The van der Waals surface area contributed by atoms with Crippen LogP contribution < -0.4 is 10.1 Å². The number of methoxy groups -OCH3 is 1. The summed E-state index contributed by atoms with van der Waals surface area (Å²) in [6.45, 7) is 2.25. The number of fused-ring (bicyclic) bond motifs is 1. The van der Waals surface area contributed by atoms with Crippen LogP contribution in [-0.2, 0) is 6.54 Å². The molecule has 1 aromatic heterocycles. The first-order chi connectivity index (χ1) is 13.6. The smallest absolute Gasteiger partial charge is 0.123 e. The Morgan fingerprint density at radius 1 is 1.03 bits per heavy atom. The first-order valence-corrected chi connectivity index (χ1v) is 10.4. The summed E-state index contributed by atoms with van der Waals surface area (Å²) < 4.78 is 5.55. The van der Waals surface area contributed by atoms with Gasteiger partial charge >= 0.3 is 0 Å². The third-order valence-corrected chi connectivity index (χ3v) is 5.03. The summed E-state index contributed by atoms with van der Waals surface area (Å²) in [6.07, 6.45) is 1.77. The maximum Gasteiger partial charge on any atom is 0.123 e. The van der Waals surface area contributed by atoms with Crippen LogP contribution in [0.5, 0.6) is 5.75 Å². The second-order valence-electron chi connectivity index (χ2n) is 6.33. The Labute approximate surface area is 192 Å². The molecule has 0 atom stereocenters. The minimum Gasteiger partial charge on any atom is -0.496 e. The second-order valence-corrected chi connectivity index (χ2v) is 7.52. The van der Waals surface area contributed by atoms with E-state index in [1.807, 2.05) is 36.4 Å². The van der Waals surface area contributed by atoms with Crippen LogP contribution in [0.1, 0.15) is 5.56 Å². The van der Waals surface area contributed by atoms with Gasteiger partial charge in [0.2, 0.25) is 0 Å². The number of ether oxygens (including phenoxy) is 1. The van der Waals surface area contributed by atoms with Gasteiger partial charge in [-0.2, -0.15) is 0 Å². The molecule has 0 radical (unpaired) electrons. The normalized spacial score (nSPS) is 10.8. The number of nitrogens with zero attached hydrogens (tertiary/aromatic N) is 2. The lowest BCUT2D eigenvalue weighted by atomic mass is 10.1. The zero-order valence-electron chi connectivity index (χ0n) is 16.0. The van der Waals surface area contributed by atoms with Crippen LogP contribution in [0.25, 0.3) is 10.9 Å². The number of pyridine rings is 1. The Kier molecular flexibility index (Phi) is 9.60. The lowest BCUT2D eigenvalue weighted by molar-refractivity contribution is 0.292. The quantitative estimate of drug-likeness (QED) is 0.367. The minimum absolute atomic E-state index is 0. The largest absolute Gasteiger partial charge is 0.496 e. The van der Waals surface area contributed by atoms with Crippen LogP contribution in [0.2, 0.25) is 5.02 Å². The van der Waals surface area contributed by atoms with Crippen LogP contribution in [-0.4, -0.2) is 41.8 Å². The SMILES string of the molecule is COc1ccc(Nc2ccnc3cc(Cl)ccc23)cc1CN(CCCl)CCCl.Cl. The van der Waals surface area contributed by atoms with Gasteiger partial charge in [-0.05, 0) is 42.5 Å². The molecule has 0 spiro atoms. The van der Waals surface area contributed by atoms with E-state index in [1.54, 1.807) is 13.3 Å². The molecule has 0 amide bonds. The van der Waals surface area contributed by atoms with Gasteiger partial charge in [-0.3, -0.25) is 9.88 Å². The van der Waals surface area contributed by atoms with Crippen molar-refractivity contribution in [2.24, 2.45) is 0 Å². The maximum atomic E-state index is 6.09. The number of alkyl halides is 2. The molecule has 0 saturated carbocycles. The number of nitrogens with one attached hydrogen (secondary N) is 1. The highest BCUT2D eigenvalue weighted by molar-refractivity contribution is 6.31. The Morgan fingerprint density at radius 3 is 2.48 bits per heavy atom. The third kappa shape index (κ3) is 6.27. The molecule has 2 aromatic carbocycles. The average molecular weight is 475 g/mol. The molecule has 0 aliphatic heterocycles. The van der Waals surface area contributed by atoms with Crippen LogP contribution in [0.15, 0.2) is 48.7 Å². The molecule has 3 aromatic rings. The van der Waals surface area contributed by atoms with E-state index in [0.717, 1.165) is 46.7 Å². The Morgan fingerprint density at radius 2 is 1.79 bits per heavy atom. The molecule has 0 aliphatic rings. The summed E-state index contributed by atoms with van der Waals surface area (Å²) in [4.78, 5) is 6.61. The van der Waals surface area contributed by atoms with Crippen molar-refractivity contribution in [3.63, 3.8) is 0 Å². The zero-order valence-corrected chi connectivity index (χ0v) is 19.1. The zero-order chi connectivity index (χ0) is 19.9. The van der Waals surface area contributed by atoms with Gasteiger partial charge in [0.1, 0.15) is 5.75 Å². The van der Waals surface area contributed by atoms with E-state index in [1.165, 1.54) is 0 Å². The lowest BCUT2D eigenvalue weighted by Gasteiger charge is -2.22. The number of aromatic nitrogens is 1. The van der Waals surface area contributed by atoms with Gasteiger partial charge in [-0.25, -0.2) is 0 Å². The monoisotopic (exact) mass is 473 g/mol. The number of rotatable bonds is 9. The van der Waals surface area contributed by atoms with Crippen molar-refractivity contribution in [2.45, 2.75) is 6.54 Å². The second kappa shape index (κ2) is 11.7. The Hall–Kier alpha value is -1.43. The van der Waals surface area contributed by atoms with Crippen molar-refractivity contribution in [3.8, 4) is 5.75 Å². The van der Waals surface area contributed by atoms with Crippen molar-refractivity contribution >= 4 is 69.5 Å². The van der Waals surface area contributed by atoms with Crippen molar-refractivity contribution in [2.75, 3.05) is 37.3 Å². The van der Waals surface area contributed by atoms with Crippen LogP contribution in [0.3, 0.4) is 0 Å². The van der Waals surface area contributed by atoms with Crippen molar-refractivity contribution in [1.29, 1.82) is 0 Å². The van der Waals surface area contributed by atoms with Crippen LogP contribution >= 0.6 is 47.2 Å². The number of halogens is 4. The standard InChI is InChI=1S/C21H22Cl3N3O.ClH/c1-28-21-5-3-17(12-15(21)14-27(10-7-22)11-8-23)26-19-6-9-25-20-13-16(24)2-4-18(19)20;/h2-6,9,12-13H,7-8,10-11,14H2,1H3,(H,25,26);1H. The van der Waals surface area contributed by atoms with E-state index in [9.17, 15) is 0 Å². The number of benzene rings is 2. The first kappa shape index (κ1) is 23.8. The van der Waals surface area contributed by atoms with E-state index < -0.39 is 0 Å². The summed E-state index contributed by atoms with van der Waals surface area (Å²) in [5, 5.41) is 5.16. The van der Waals surface area contributed by atoms with E-state index in [0.29, 0.717) is 23.3 Å². The summed E-state index contributed by atoms with van der Waals surface area (Å²) in [7, 11) is 1.68. The summed E-state index contributed by atoms with van der Waals surface area (Å²) in [6, 6.07) is 13.7. The molecular formula is C21H23Cl4N3O. The molecule has 3 rings (SSSR count).